The van der Waals surface area contributed by atoms with Crippen molar-refractivity contribution < 1.29 is 0 Å². The molecule has 0 amide bonds. The van der Waals surface area contributed by atoms with E-state index in [1.54, 1.807) is 0 Å². The molecule has 1 fully saturated rings. The highest BCUT2D eigenvalue weighted by Crippen LogP contribution is 2.19. The molecule has 0 bridgehead atoms. The summed E-state index contributed by atoms with van der Waals surface area (Å²) in [6.45, 7) is 8.10. The zero-order valence-electron chi connectivity index (χ0n) is 8.69. The van der Waals surface area contributed by atoms with Crippen molar-refractivity contribution in [2.75, 3.05) is 26.7 Å². The molecule has 1 unspecified atom stereocenters. The fourth-order valence-corrected chi connectivity index (χ4v) is 1.96. The van der Waals surface area contributed by atoms with E-state index in [0.717, 1.165) is 6.54 Å². The smallest absolute Gasteiger partial charge is 0.0280 e. The van der Waals surface area contributed by atoms with Crippen molar-refractivity contribution in [3.05, 3.63) is 0 Å². The molecule has 0 saturated carbocycles. The van der Waals surface area contributed by atoms with Gasteiger partial charge in [-0.25, -0.2) is 0 Å². The molecule has 0 aromatic carbocycles. The van der Waals surface area contributed by atoms with E-state index in [0.29, 0.717) is 5.54 Å². The van der Waals surface area contributed by atoms with Crippen molar-refractivity contribution in [3.8, 4) is 0 Å². The largest absolute Gasteiger partial charge is 0.310 e. The van der Waals surface area contributed by atoms with Crippen LogP contribution < -0.4 is 5.32 Å². The first-order chi connectivity index (χ1) is 5.66. The number of piperidine rings is 1. The summed E-state index contributed by atoms with van der Waals surface area (Å²) >= 11 is 0. The second-order valence-electron chi connectivity index (χ2n) is 4.27. The quantitative estimate of drug-likeness (QED) is 0.690. The van der Waals surface area contributed by atoms with Crippen LogP contribution in [-0.2, 0) is 0 Å². The lowest BCUT2D eigenvalue weighted by atomic mass is 9.90. The Hall–Kier alpha value is -0.0800. The Morgan fingerprint density at radius 3 is 2.67 bits per heavy atom. The highest BCUT2D eigenvalue weighted by molar-refractivity contribution is 4.88. The van der Waals surface area contributed by atoms with Crippen LogP contribution in [0.25, 0.3) is 0 Å². The van der Waals surface area contributed by atoms with Gasteiger partial charge in [0, 0.05) is 12.1 Å². The molecule has 0 radical (unpaired) electrons. The van der Waals surface area contributed by atoms with E-state index < -0.39 is 0 Å². The highest BCUT2D eigenvalue weighted by Gasteiger charge is 2.26. The molecule has 1 atom stereocenters. The van der Waals surface area contributed by atoms with E-state index in [1.807, 2.05) is 0 Å². The monoisotopic (exact) mass is 170 g/mol. The molecule has 2 heteroatoms. The third-order valence-corrected chi connectivity index (χ3v) is 2.87. The Bertz CT molecular complexity index is 128. The normalized spacial score (nSPS) is 31.0. The van der Waals surface area contributed by atoms with E-state index in [1.165, 1.54) is 32.4 Å². The van der Waals surface area contributed by atoms with Gasteiger partial charge in [0.05, 0.1) is 0 Å². The molecule has 1 saturated heterocycles. The Labute approximate surface area is 76.3 Å². The number of hydrogen-bond acceptors (Lipinski definition) is 2. The van der Waals surface area contributed by atoms with Crippen LogP contribution in [0.4, 0.5) is 0 Å². The molecule has 72 valence electrons. The molecule has 0 aromatic rings. The first kappa shape index (κ1) is 10.0. The summed E-state index contributed by atoms with van der Waals surface area (Å²) in [5.74, 6) is 0. The van der Waals surface area contributed by atoms with Crippen molar-refractivity contribution >= 4 is 0 Å². The third-order valence-electron chi connectivity index (χ3n) is 2.87. The van der Waals surface area contributed by atoms with Crippen LogP contribution >= 0.6 is 0 Å². The Morgan fingerprint density at radius 2 is 2.17 bits per heavy atom. The zero-order valence-corrected chi connectivity index (χ0v) is 8.69. The fourth-order valence-electron chi connectivity index (χ4n) is 1.96. The van der Waals surface area contributed by atoms with Gasteiger partial charge >= 0.3 is 0 Å². The summed E-state index contributed by atoms with van der Waals surface area (Å²) < 4.78 is 0. The van der Waals surface area contributed by atoms with Crippen molar-refractivity contribution in [1.82, 2.24) is 10.2 Å². The van der Waals surface area contributed by atoms with Crippen LogP contribution in [0.3, 0.4) is 0 Å². The van der Waals surface area contributed by atoms with Crippen LogP contribution in [0.1, 0.15) is 33.1 Å². The standard InChI is InChI=1S/C10H22N2/c1-4-12(3)9-10(2)7-5-6-8-11-10/h11H,4-9H2,1-3H3. The number of hydrogen-bond donors (Lipinski definition) is 1. The minimum Gasteiger partial charge on any atom is -0.310 e. The van der Waals surface area contributed by atoms with E-state index >= 15 is 0 Å². The molecule has 1 N–H and O–H groups in total. The van der Waals surface area contributed by atoms with Crippen LogP contribution in [0.2, 0.25) is 0 Å². The molecule has 0 aliphatic carbocycles. The van der Waals surface area contributed by atoms with Crippen LogP contribution in [-0.4, -0.2) is 37.1 Å². The maximum atomic E-state index is 3.62. The Balaban J connectivity index is 2.35. The predicted octanol–water partition coefficient (Wildman–Crippen LogP) is 1.47. The third kappa shape index (κ3) is 2.76. The highest BCUT2D eigenvalue weighted by atomic mass is 15.1. The fraction of sp³-hybridized carbons (Fsp3) is 1.00. The van der Waals surface area contributed by atoms with Crippen LogP contribution in [0.5, 0.6) is 0 Å². The summed E-state index contributed by atoms with van der Waals surface area (Å²) in [6, 6.07) is 0. The van der Waals surface area contributed by atoms with Gasteiger partial charge in [0.2, 0.25) is 0 Å². The second-order valence-corrected chi connectivity index (χ2v) is 4.27. The Kier molecular flexibility index (Phi) is 3.53. The topological polar surface area (TPSA) is 15.3 Å². The molecule has 2 nitrogen and oxygen atoms in total. The Morgan fingerprint density at radius 1 is 1.42 bits per heavy atom. The van der Waals surface area contributed by atoms with Crippen molar-refractivity contribution in [3.63, 3.8) is 0 Å². The van der Waals surface area contributed by atoms with Gasteiger partial charge in [-0.1, -0.05) is 13.3 Å². The van der Waals surface area contributed by atoms with Gasteiger partial charge in [-0.2, -0.15) is 0 Å². The van der Waals surface area contributed by atoms with Gasteiger partial charge in [-0.3, -0.25) is 0 Å². The summed E-state index contributed by atoms with van der Waals surface area (Å²) in [6.07, 6.45) is 4.07. The van der Waals surface area contributed by atoms with Gasteiger partial charge in [-0.05, 0) is 39.9 Å². The van der Waals surface area contributed by atoms with Crippen LogP contribution in [0, 0.1) is 0 Å². The van der Waals surface area contributed by atoms with Crippen molar-refractivity contribution in [2.24, 2.45) is 0 Å². The maximum Gasteiger partial charge on any atom is 0.0280 e. The van der Waals surface area contributed by atoms with Gasteiger partial charge in [0.25, 0.3) is 0 Å². The van der Waals surface area contributed by atoms with Crippen molar-refractivity contribution in [2.45, 2.75) is 38.6 Å². The molecule has 12 heavy (non-hydrogen) atoms. The summed E-state index contributed by atoms with van der Waals surface area (Å²) in [5.41, 5.74) is 0.378. The van der Waals surface area contributed by atoms with Gasteiger partial charge < -0.3 is 10.2 Å². The summed E-state index contributed by atoms with van der Waals surface area (Å²) in [4.78, 5) is 2.39. The average molecular weight is 170 g/mol. The van der Waals surface area contributed by atoms with Crippen molar-refractivity contribution in [1.29, 1.82) is 0 Å². The molecule has 1 aliphatic heterocycles. The summed E-state index contributed by atoms with van der Waals surface area (Å²) in [7, 11) is 2.20. The molecular formula is C10H22N2. The zero-order chi connectivity index (χ0) is 9.03. The molecule has 1 heterocycles. The molecule has 1 aliphatic rings. The SMILES string of the molecule is CCN(C)CC1(C)CCCCN1. The number of nitrogens with zero attached hydrogens (tertiary/aromatic N) is 1. The van der Waals surface area contributed by atoms with Gasteiger partial charge in [0.15, 0.2) is 0 Å². The predicted molar refractivity (Wildman–Crippen MR) is 53.4 cm³/mol. The van der Waals surface area contributed by atoms with Crippen LogP contribution in [0.15, 0.2) is 0 Å². The van der Waals surface area contributed by atoms with E-state index in [2.05, 4.69) is 31.1 Å². The molecular weight excluding hydrogens is 148 g/mol. The van der Waals surface area contributed by atoms with E-state index in [9.17, 15) is 0 Å². The molecule has 0 spiro atoms. The first-order valence-corrected chi connectivity index (χ1v) is 5.10. The van der Waals surface area contributed by atoms with Gasteiger partial charge in [-0.15, -0.1) is 0 Å². The molecule has 0 aromatic heterocycles. The van der Waals surface area contributed by atoms with E-state index in [-0.39, 0.29) is 0 Å². The minimum absolute atomic E-state index is 0.378. The minimum atomic E-state index is 0.378. The lowest BCUT2D eigenvalue weighted by Crippen LogP contribution is -2.52. The van der Waals surface area contributed by atoms with E-state index in [4.69, 9.17) is 0 Å². The summed E-state index contributed by atoms with van der Waals surface area (Å²) in [5, 5.41) is 3.62. The lowest BCUT2D eigenvalue weighted by molar-refractivity contribution is 0.192. The first-order valence-electron chi connectivity index (χ1n) is 5.10. The number of nitrogens with one attached hydrogen (secondary N) is 1. The van der Waals surface area contributed by atoms with Gasteiger partial charge in [0.1, 0.15) is 0 Å². The number of likely N-dealkylation sites (N-methyl/N-ethyl adjacent to an activating group) is 1. The second kappa shape index (κ2) is 4.24. The molecule has 1 rings (SSSR count). The lowest BCUT2D eigenvalue weighted by Gasteiger charge is -2.37. The maximum absolute atomic E-state index is 3.62. The average Bonchev–Trinajstić information content (AvgIpc) is 2.05. The number of rotatable bonds is 3.